The van der Waals surface area contributed by atoms with Gasteiger partial charge in [-0.25, -0.2) is 0 Å². The van der Waals surface area contributed by atoms with Gasteiger partial charge in [0.25, 0.3) is 0 Å². The highest BCUT2D eigenvalue weighted by atomic mass is 16.4. The summed E-state index contributed by atoms with van der Waals surface area (Å²) in [6.07, 6.45) is -2.03. The number of guanidine groups is 1. The molecule has 1 aliphatic rings. The van der Waals surface area contributed by atoms with Crippen LogP contribution in [0.1, 0.15) is 92.1 Å². The Morgan fingerprint density at radius 1 is 0.700 bits per heavy atom. The number of nitrogens with zero attached hydrogens (tertiary/aromatic N) is 2. The van der Waals surface area contributed by atoms with Crippen LogP contribution in [-0.2, 0) is 54.4 Å². The number of phenols is 1. The van der Waals surface area contributed by atoms with E-state index in [9.17, 15) is 68.4 Å². The largest absolute Gasteiger partial charge is 0.508 e. The monoisotopic (exact) mass is 991 g/mol. The standard InChI is InChI=1S/C44H70N12O14/c1-21(2)19-30(38(64)50-24(5)43(69)70)53-37(63)29(15-16-33(59)60)51-35(61)23(4)49-41(67)34(25(6)57)55-39(65)31(20-26-11-13-27(58)14-12-26)54-36(62)28(9-7-17-48-44(46)47)52-40(66)32-10-8-18-56(32)42(68)22(3)45/h11-14,21-25,28-32,34,57-58H,7-10,15-20,45H2,1-6H3,(H,49,67)(H,50,64)(H,51,61)(H,52,66)(H,53,63)(H,54,62)(H,55,65)(H,59,60)(H,69,70)(H4,46,47,48)/t22-,23-,24-,25+,28-,29-,30-,31-,32-,34-/m0/s1. The molecule has 1 aliphatic heterocycles. The Labute approximate surface area is 405 Å². The van der Waals surface area contributed by atoms with Crippen molar-refractivity contribution in [1.29, 1.82) is 0 Å². The van der Waals surface area contributed by atoms with Gasteiger partial charge in [-0.05, 0) is 89.8 Å². The van der Waals surface area contributed by atoms with Gasteiger partial charge in [-0.2, -0.15) is 0 Å². The summed E-state index contributed by atoms with van der Waals surface area (Å²) in [5, 5.41) is 56.3. The van der Waals surface area contributed by atoms with Gasteiger partial charge in [-0.15, -0.1) is 0 Å². The Morgan fingerprint density at radius 3 is 1.79 bits per heavy atom. The fraction of sp³-hybridized carbons (Fsp3) is 0.614. The quantitative estimate of drug-likeness (QED) is 0.0217. The number of nitrogens with two attached hydrogens (primary N) is 3. The maximum Gasteiger partial charge on any atom is 0.325 e. The van der Waals surface area contributed by atoms with Crippen LogP contribution in [0.15, 0.2) is 29.3 Å². The number of phenolic OH excluding ortho intramolecular Hbond substituents is 1. The zero-order valence-corrected chi connectivity index (χ0v) is 40.2. The Hall–Kier alpha value is -7.09. The van der Waals surface area contributed by atoms with Crippen molar-refractivity contribution in [2.45, 2.75) is 153 Å². The summed E-state index contributed by atoms with van der Waals surface area (Å²) in [5.74, 6) is -10.1. The highest BCUT2D eigenvalue weighted by Gasteiger charge is 2.38. The lowest BCUT2D eigenvalue weighted by atomic mass is 10.0. The number of nitrogens with one attached hydrogen (secondary N) is 7. The smallest absolute Gasteiger partial charge is 0.325 e. The van der Waals surface area contributed by atoms with Gasteiger partial charge >= 0.3 is 11.9 Å². The summed E-state index contributed by atoms with van der Waals surface area (Å²) in [7, 11) is 0. The maximum atomic E-state index is 14.1. The summed E-state index contributed by atoms with van der Waals surface area (Å²) in [5.41, 5.74) is 17.1. The Morgan fingerprint density at radius 2 is 1.24 bits per heavy atom. The first-order chi connectivity index (χ1) is 32.7. The van der Waals surface area contributed by atoms with Crippen LogP contribution < -0.4 is 54.4 Å². The van der Waals surface area contributed by atoms with Crippen molar-refractivity contribution >= 4 is 65.2 Å². The van der Waals surface area contributed by atoms with Crippen LogP contribution >= 0.6 is 0 Å². The number of carbonyl (C=O) groups excluding carboxylic acids is 8. The molecule has 0 bridgehead atoms. The third-order valence-corrected chi connectivity index (χ3v) is 11.0. The topological polar surface area (TPSA) is 429 Å². The highest BCUT2D eigenvalue weighted by Crippen LogP contribution is 2.19. The van der Waals surface area contributed by atoms with E-state index in [4.69, 9.17) is 17.2 Å². The highest BCUT2D eigenvalue weighted by molar-refractivity contribution is 5.98. The number of amides is 8. The minimum Gasteiger partial charge on any atom is -0.508 e. The Balaban J connectivity index is 2.37. The molecule has 26 nitrogen and oxygen atoms in total. The molecule has 0 unspecified atom stereocenters. The number of likely N-dealkylation sites (tertiary alicyclic amines) is 1. The molecule has 1 saturated heterocycles. The van der Waals surface area contributed by atoms with Crippen molar-refractivity contribution < 1.29 is 68.4 Å². The van der Waals surface area contributed by atoms with Gasteiger partial charge in [-0.3, -0.25) is 52.9 Å². The van der Waals surface area contributed by atoms with Gasteiger partial charge in [0, 0.05) is 25.9 Å². The molecule has 10 atom stereocenters. The average molecular weight is 991 g/mol. The molecule has 0 spiro atoms. The minimum absolute atomic E-state index is 0.0389. The fourth-order valence-corrected chi connectivity index (χ4v) is 7.17. The fourth-order valence-electron chi connectivity index (χ4n) is 7.17. The van der Waals surface area contributed by atoms with Crippen LogP contribution in [0.2, 0.25) is 0 Å². The molecular formula is C44H70N12O14. The van der Waals surface area contributed by atoms with E-state index in [0.29, 0.717) is 12.0 Å². The molecule has 2 rings (SSSR count). The van der Waals surface area contributed by atoms with Crippen LogP contribution in [0, 0.1) is 5.92 Å². The molecular weight excluding hydrogens is 921 g/mol. The number of carboxylic acids is 2. The molecule has 0 aliphatic carbocycles. The van der Waals surface area contributed by atoms with Crippen molar-refractivity contribution in [3.8, 4) is 5.75 Å². The van der Waals surface area contributed by atoms with Crippen molar-refractivity contribution in [3.05, 3.63) is 29.8 Å². The normalized spacial score (nSPS) is 17.1. The van der Waals surface area contributed by atoms with E-state index in [1.807, 2.05) is 0 Å². The van der Waals surface area contributed by atoms with Crippen molar-refractivity contribution in [2.75, 3.05) is 13.1 Å². The van der Waals surface area contributed by atoms with Gasteiger partial charge in [-0.1, -0.05) is 26.0 Å². The second-order valence-electron chi connectivity index (χ2n) is 17.6. The molecule has 0 saturated carbocycles. The number of carbonyl (C=O) groups is 10. The number of rotatable bonds is 28. The van der Waals surface area contributed by atoms with Gasteiger partial charge < -0.3 is 79.7 Å². The first kappa shape index (κ1) is 59.0. The third kappa shape index (κ3) is 19.9. The van der Waals surface area contributed by atoms with Crippen LogP contribution in [0.4, 0.5) is 0 Å². The van der Waals surface area contributed by atoms with Gasteiger partial charge in [0.2, 0.25) is 47.3 Å². The number of aromatic hydroxyl groups is 1. The molecule has 1 aromatic carbocycles. The lowest BCUT2D eigenvalue weighted by Gasteiger charge is -2.29. The number of aliphatic hydroxyl groups excluding tert-OH is 1. The van der Waals surface area contributed by atoms with Crippen molar-refractivity contribution in [1.82, 2.24) is 42.1 Å². The summed E-state index contributed by atoms with van der Waals surface area (Å²) in [6.45, 7) is 8.82. The summed E-state index contributed by atoms with van der Waals surface area (Å²) >= 11 is 0. The van der Waals surface area contributed by atoms with E-state index < -0.39 is 133 Å². The van der Waals surface area contributed by atoms with Crippen molar-refractivity contribution in [2.24, 2.45) is 28.1 Å². The molecule has 1 aromatic rings. The number of aliphatic hydroxyl groups is 1. The van der Waals surface area contributed by atoms with Gasteiger partial charge in [0.05, 0.1) is 12.1 Å². The van der Waals surface area contributed by atoms with Crippen LogP contribution in [-0.4, -0.2) is 164 Å². The second-order valence-corrected chi connectivity index (χ2v) is 17.6. The molecule has 1 fully saturated rings. The first-order valence-corrected chi connectivity index (χ1v) is 22.9. The molecule has 1 heterocycles. The number of aliphatic imine (C=N–C) groups is 1. The predicted molar refractivity (Wildman–Crippen MR) is 251 cm³/mol. The number of hydrogen-bond donors (Lipinski definition) is 14. The predicted octanol–water partition coefficient (Wildman–Crippen LogP) is -3.86. The summed E-state index contributed by atoms with van der Waals surface area (Å²) < 4.78 is 0. The zero-order chi connectivity index (χ0) is 53.0. The van der Waals surface area contributed by atoms with Crippen LogP contribution in [0.5, 0.6) is 5.75 Å². The van der Waals surface area contributed by atoms with E-state index in [1.54, 1.807) is 13.8 Å². The molecule has 390 valence electrons. The number of carboxylic acid groups (broad SMARTS) is 2. The Bertz CT molecular complexity index is 2050. The van der Waals surface area contributed by atoms with E-state index in [1.165, 1.54) is 49.9 Å². The zero-order valence-electron chi connectivity index (χ0n) is 40.2. The van der Waals surface area contributed by atoms with Gasteiger partial charge in [0.1, 0.15) is 54.1 Å². The molecule has 17 N–H and O–H groups in total. The minimum atomic E-state index is -1.79. The lowest BCUT2D eigenvalue weighted by molar-refractivity contribution is -0.142. The molecule has 0 aromatic heterocycles. The summed E-state index contributed by atoms with van der Waals surface area (Å²) in [6, 6.07) is -6.57. The maximum absolute atomic E-state index is 14.1. The molecule has 70 heavy (non-hydrogen) atoms. The summed E-state index contributed by atoms with van der Waals surface area (Å²) in [4.78, 5) is 136. The van der Waals surface area contributed by atoms with Crippen LogP contribution in [0.25, 0.3) is 0 Å². The Kier molecular flexibility index (Phi) is 24.0. The number of aliphatic carboxylic acids is 2. The SMILES string of the molecule is CC(C)C[C@H](NC(=O)[C@H](CCC(=O)O)NC(=O)[C@H](C)NC(=O)[C@@H](NC(=O)[C@H](Cc1ccc(O)cc1)NC(=O)[C@H](CCCN=C(N)N)NC(=O)[C@@H]1CCCN1C(=O)[C@H](C)N)[C@@H](C)O)C(=O)N[C@@H](C)C(=O)O. The molecule has 8 amide bonds. The van der Waals surface area contributed by atoms with E-state index in [2.05, 4.69) is 42.2 Å². The van der Waals surface area contributed by atoms with E-state index in [0.717, 1.165) is 6.92 Å². The first-order valence-electron chi connectivity index (χ1n) is 22.9. The van der Waals surface area contributed by atoms with E-state index >= 15 is 0 Å². The second kappa shape index (κ2) is 28.4. The molecule has 0 radical (unpaired) electrons. The van der Waals surface area contributed by atoms with Crippen LogP contribution in [0.3, 0.4) is 0 Å². The van der Waals surface area contributed by atoms with Crippen molar-refractivity contribution in [3.63, 3.8) is 0 Å². The number of hydrogen-bond acceptors (Lipinski definition) is 14. The van der Waals surface area contributed by atoms with Gasteiger partial charge in [0.15, 0.2) is 5.96 Å². The number of benzene rings is 1. The third-order valence-electron chi connectivity index (χ3n) is 11.0. The lowest BCUT2D eigenvalue weighted by Crippen LogP contribution is -2.61. The molecule has 26 heteroatoms. The van der Waals surface area contributed by atoms with E-state index in [-0.39, 0.29) is 62.8 Å². The average Bonchev–Trinajstić information content (AvgIpc) is 3.77.